The highest BCUT2D eigenvalue weighted by Crippen LogP contribution is 2.18. The van der Waals surface area contributed by atoms with Crippen LogP contribution in [0.2, 0.25) is 0 Å². The molecule has 1 saturated heterocycles. The van der Waals surface area contributed by atoms with E-state index in [4.69, 9.17) is 4.74 Å². The summed E-state index contributed by atoms with van der Waals surface area (Å²) < 4.78 is 7.21. The third-order valence-electron chi connectivity index (χ3n) is 3.58. The zero-order valence-corrected chi connectivity index (χ0v) is 11.6. The summed E-state index contributed by atoms with van der Waals surface area (Å²) in [6, 6.07) is 0. The van der Waals surface area contributed by atoms with Gasteiger partial charge in [0.25, 0.3) is 0 Å². The maximum Gasteiger partial charge on any atom is 0.310 e. The van der Waals surface area contributed by atoms with Gasteiger partial charge in [0, 0.05) is 25.5 Å². The number of likely N-dealkylation sites (tertiary alicyclic amines) is 1. The molecule has 0 N–H and O–H groups in total. The zero-order chi connectivity index (χ0) is 13.5. The lowest BCUT2D eigenvalue weighted by atomic mass is 9.98. The molecule has 2 heterocycles. The topological polar surface area (TPSA) is 47.4 Å². The van der Waals surface area contributed by atoms with Crippen molar-refractivity contribution in [2.24, 2.45) is 5.92 Å². The highest BCUT2D eigenvalue weighted by Gasteiger charge is 2.26. The second-order valence-corrected chi connectivity index (χ2v) is 5.05. The minimum atomic E-state index is -0.0261. The minimum Gasteiger partial charge on any atom is -0.466 e. The van der Waals surface area contributed by atoms with Gasteiger partial charge in [-0.1, -0.05) is 0 Å². The first-order valence-electron chi connectivity index (χ1n) is 7.14. The molecule has 19 heavy (non-hydrogen) atoms. The van der Waals surface area contributed by atoms with E-state index >= 15 is 0 Å². The van der Waals surface area contributed by atoms with Gasteiger partial charge in [0.2, 0.25) is 0 Å². The van der Waals surface area contributed by atoms with Gasteiger partial charge in [-0.25, -0.2) is 4.98 Å². The number of ether oxygens (including phenoxy) is 1. The highest BCUT2D eigenvalue weighted by atomic mass is 16.5. The average molecular weight is 265 g/mol. The van der Waals surface area contributed by atoms with Gasteiger partial charge in [-0.2, -0.15) is 0 Å². The first kappa shape index (κ1) is 14.1. The Kier molecular flexibility index (Phi) is 5.39. The number of esters is 1. The van der Waals surface area contributed by atoms with Crippen molar-refractivity contribution < 1.29 is 9.53 Å². The number of hydrogen-bond donors (Lipinski definition) is 0. The van der Waals surface area contributed by atoms with Crippen molar-refractivity contribution >= 4 is 5.97 Å². The van der Waals surface area contributed by atoms with Gasteiger partial charge >= 0.3 is 5.97 Å². The number of carbonyl (C=O) groups excluding carboxylic acids is 1. The molecule has 2 rings (SSSR count). The first-order valence-corrected chi connectivity index (χ1v) is 7.14. The van der Waals surface area contributed by atoms with Gasteiger partial charge in [-0.05, 0) is 39.3 Å². The summed E-state index contributed by atoms with van der Waals surface area (Å²) in [6.45, 7) is 6.32. The molecule has 0 spiro atoms. The Hall–Kier alpha value is -1.36. The van der Waals surface area contributed by atoms with Crippen LogP contribution in [0.15, 0.2) is 18.7 Å². The molecule has 0 radical (unpaired) electrons. The number of hydrogen-bond acceptors (Lipinski definition) is 4. The Morgan fingerprint density at radius 3 is 3.11 bits per heavy atom. The fourth-order valence-corrected chi connectivity index (χ4v) is 2.61. The second-order valence-electron chi connectivity index (χ2n) is 5.05. The molecule has 0 saturated carbocycles. The van der Waals surface area contributed by atoms with E-state index in [2.05, 4.69) is 14.5 Å². The molecular formula is C14H23N3O2. The Morgan fingerprint density at radius 2 is 2.37 bits per heavy atom. The SMILES string of the molecule is CCOC(=O)[C@@H]1CCCN(CCCn2ccnc2)C1. The van der Waals surface area contributed by atoms with Crippen molar-refractivity contribution in [3.63, 3.8) is 0 Å². The molecule has 0 aliphatic carbocycles. The number of rotatable bonds is 6. The van der Waals surface area contributed by atoms with Crippen LogP contribution < -0.4 is 0 Å². The fourth-order valence-electron chi connectivity index (χ4n) is 2.61. The van der Waals surface area contributed by atoms with Crippen LogP contribution in [0.4, 0.5) is 0 Å². The molecule has 0 aromatic carbocycles. The van der Waals surface area contributed by atoms with E-state index in [9.17, 15) is 4.79 Å². The molecule has 106 valence electrons. The minimum absolute atomic E-state index is 0.0261. The maximum absolute atomic E-state index is 11.7. The quantitative estimate of drug-likeness (QED) is 0.732. The van der Waals surface area contributed by atoms with Gasteiger partial charge in [0.15, 0.2) is 0 Å². The molecule has 1 aliphatic heterocycles. The monoisotopic (exact) mass is 265 g/mol. The van der Waals surface area contributed by atoms with Crippen LogP contribution >= 0.6 is 0 Å². The van der Waals surface area contributed by atoms with Crippen molar-refractivity contribution in [2.75, 3.05) is 26.2 Å². The van der Waals surface area contributed by atoms with Crippen molar-refractivity contribution in [1.29, 1.82) is 0 Å². The molecule has 1 aromatic rings. The largest absolute Gasteiger partial charge is 0.466 e. The van der Waals surface area contributed by atoms with Crippen LogP contribution in [0.1, 0.15) is 26.2 Å². The Morgan fingerprint density at radius 1 is 1.47 bits per heavy atom. The Bertz CT molecular complexity index is 378. The van der Waals surface area contributed by atoms with E-state index in [-0.39, 0.29) is 11.9 Å². The van der Waals surface area contributed by atoms with Crippen molar-refractivity contribution in [3.8, 4) is 0 Å². The molecular weight excluding hydrogens is 242 g/mol. The summed E-state index contributed by atoms with van der Waals surface area (Å²) >= 11 is 0. The summed E-state index contributed by atoms with van der Waals surface area (Å²) in [5, 5.41) is 0. The van der Waals surface area contributed by atoms with Gasteiger partial charge in [0.05, 0.1) is 18.9 Å². The molecule has 1 fully saturated rings. The van der Waals surface area contributed by atoms with E-state index in [1.807, 2.05) is 19.4 Å². The predicted octanol–water partition coefficient (Wildman–Crippen LogP) is 1.55. The van der Waals surface area contributed by atoms with Crippen molar-refractivity contribution in [1.82, 2.24) is 14.5 Å². The molecule has 1 aromatic heterocycles. The van der Waals surface area contributed by atoms with E-state index in [0.29, 0.717) is 6.61 Å². The van der Waals surface area contributed by atoms with Crippen molar-refractivity contribution in [2.45, 2.75) is 32.7 Å². The third-order valence-corrected chi connectivity index (χ3v) is 3.58. The average Bonchev–Trinajstić information content (AvgIpc) is 2.93. The predicted molar refractivity (Wildman–Crippen MR) is 72.6 cm³/mol. The lowest BCUT2D eigenvalue weighted by molar-refractivity contribution is -0.149. The summed E-state index contributed by atoms with van der Waals surface area (Å²) in [5.41, 5.74) is 0. The number of nitrogens with zero attached hydrogens (tertiary/aromatic N) is 3. The third kappa shape index (κ3) is 4.35. The molecule has 1 aliphatic rings. The lowest BCUT2D eigenvalue weighted by Gasteiger charge is -2.31. The van der Waals surface area contributed by atoms with E-state index in [1.54, 1.807) is 6.20 Å². The summed E-state index contributed by atoms with van der Waals surface area (Å²) in [6.07, 6.45) is 8.78. The fraction of sp³-hybridized carbons (Fsp3) is 0.714. The molecule has 0 amide bonds. The normalized spacial score (nSPS) is 20.4. The van der Waals surface area contributed by atoms with Crippen LogP contribution in [0, 0.1) is 5.92 Å². The van der Waals surface area contributed by atoms with Crippen LogP contribution in [0.3, 0.4) is 0 Å². The van der Waals surface area contributed by atoms with Gasteiger partial charge in [0.1, 0.15) is 0 Å². The standard InChI is InChI=1S/C14H23N3O2/c1-2-19-14(18)13-5-3-7-16(11-13)8-4-9-17-10-6-15-12-17/h6,10,12-13H,2-5,7-9,11H2,1H3/t13-/m1/s1. The molecule has 5 heteroatoms. The van der Waals surface area contributed by atoms with Crippen molar-refractivity contribution in [3.05, 3.63) is 18.7 Å². The second kappa shape index (κ2) is 7.28. The summed E-state index contributed by atoms with van der Waals surface area (Å²) in [7, 11) is 0. The number of piperidine rings is 1. The Labute approximate surface area is 114 Å². The molecule has 0 unspecified atom stereocenters. The van der Waals surface area contributed by atoms with E-state index in [0.717, 1.165) is 45.4 Å². The van der Waals surface area contributed by atoms with Crippen LogP contribution in [-0.4, -0.2) is 46.7 Å². The van der Waals surface area contributed by atoms with Gasteiger partial charge in [-0.15, -0.1) is 0 Å². The summed E-state index contributed by atoms with van der Waals surface area (Å²) in [4.78, 5) is 18.2. The van der Waals surface area contributed by atoms with Crippen LogP contribution in [0.5, 0.6) is 0 Å². The van der Waals surface area contributed by atoms with Gasteiger partial charge in [-0.3, -0.25) is 4.79 Å². The molecule has 1 atom stereocenters. The smallest absolute Gasteiger partial charge is 0.310 e. The van der Waals surface area contributed by atoms with Crippen LogP contribution in [-0.2, 0) is 16.1 Å². The summed E-state index contributed by atoms with van der Waals surface area (Å²) in [5.74, 6) is 0.0451. The van der Waals surface area contributed by atoms with Crippen LogP contribution in [0.25, 0.3) is 0 Å². The zero-order valence-electron chi connectivity index (χ0n) is 11.6. The number of imidazole rings is 1. The Balaban J connectivity index is 1.70. The highest BCUT2D eigenvalue weighted by molar-refractivity contribution is 5.72. The number of aromatic nitrogens is 2. The van der Waals surface area contributed by atoms with E-state index in [1.165, 1.54) is 0 Å². The molecule has 5 nitrogen and oxygen atoms in total. The first-order chi connectivity index (χ1) is 9.29. The van der Waals surface area contributed by atoms with Gasteiger partial charge < -0.3 is 14.2 Å². The lowest BCUT2D eigenvalue weighted by Crippen LogP contribution is -2.40. The van der Waals surface area contributed by atoms with E-state index < -0.39 is 0 Å². The number of aryl methyl sites for hydroxylation is 1. The molecule has 0 bridgehead atoms. The number of carbonyl (C=O) groups is 1. The maximum atomic E-state index is 11.7.